The van der Waals surface area contributed by atoms with Crippen molar-refractivity contribution in [3.63, 3.8) is 0 Å². The van der Waals surface area contributed by atoms with Crippen molar-refractivity contribution in [2.24, 2.45) is 5.41 Å². The molecule has 1 heterocycles. The monoisotopic (exact) mass is 224 g/mol. The summed E-state index contributed by atoms with van der Waals surface area (Å²) in [7, 11) is 0. The van der Waals surface area contributed by atoms with Crippen molar-refractivity contribution < 1.29 is 15.0 Å². The van der Waals surface area contributed by atoms with Crippen LogP contribution in [-0.2, 0) is 0 Å². The molecule has 1 aromatic heterocycles. The van der Waals surface area contributed by atoms with Crippen LogP contribution in [-0.4, -0.2) is 34.3 Å². The first-order chi connectivity index (χ1) is 7.46. The van der Waals surface area contributed by atoms with Crippen LogP contribution in [0.3, 0.4) is 0 Å². The number of rotatable bonds is 4. The van der Waals surface area contributed by atoms with Gasteiger partial charge in [0.2, 0.25) is 0 Å². The van der Waals surface area contributed by atoms with E-state index in [2.05, 4.69) is 10.3 Å². The van der Waals surface area contributed by atoms with Crippen LogP contribution < -0.4 is 5.32 Å². The molecule has 0 aliphatic rings. The molecule has 16 heavy (non-hydrogen) atoms. The molecule has 88 valence electrons. The predicted octanol–water partition coefficient (Wildman–Crippen LogP) is 0.535. The van der Waals surface area contributed by atoms with Crippen LogP contribution >= 0.6 is 0 Å². The number of carbonyl (C=O) groups excluding carboxylic acids is 1. The number of aliphatic hydroxyl groups excluding tert-OH is 1. The SMILES string of the molecule is CC(C)(CO)CNC(=O)c1ccncc1O. The van der Waals surface area contributed by atoms with Crippen molar-refractivity contribution in [3.05, 3.63) is 24.0 Å². The molecule has 0 fully saturated rings. The number of hydrogen-bond acceptors (Lipinski definition) is 4. The van der Waals surface area contributed by atoms with Gasteiger partial charge in [-0.15, -0.1) is 0 Å². The maximum atomic E-state index is 11.6. The van der Waals surface area contributed by atoms with Gasteiger partial charge in [0.1, 0.15) is 5.75 Å². The Labute approximate surface area is 94.1 Å². The molecule has 0 bridgehead atoms. The minimum absolute atomic E-state index is 0.0182. The van der Waals surface area contributed by atoms with Crippen LogP contribution in [0.4, 0.5) is 0 Å². The molecule has 0 atom stereocenters. The second-order valence-electron chi connectivity index (χ2n) is 4.40. The third kappa shape index (κ3) is 3.20. The van der Waals surface area contributed by atoms with Gasteiger partial charge in [0.05, 0.1) is 11.8 Å². The molecule has 0 aliphatic carbocycles. The highest BCUT2D eigenvalue weighted by Gasteiger charge is 2.19. The van der Waals surface area contributed by atoms with Crippen molar-refractivity contribution in [2.45, 2.75) is 13.8 Å². The largest absolute Gasteiger partial charge is 0.505 e. The third-order valence-corrected chi connectivity index (χ3v) is 2.20. The van der Waals surface area contributed by atoms with Crippen molar-refractivity contribution >= 4 is 5.91 Å². The summed E-state index contributed by atoms with van der Waals surface area (Å²) in [4.78, 5) is 15.3. The van der Waals surface area contributed by atoms with Gasteiger partial charge in [0, 0.05) is 24.8 Å². The zero-order chi connectivity index (χ0) is 12.2. The van der Waals surface area contributed by atoms with Crippen LogP contribution in [0, 0.1) is 5.41 Å². The van der Waals surface area contributed by atoms with E-state index in [1.807, 2.05) is 13.8 Å². The third-order valence-electron chi connectivity index (χ3n) is 2.20. The molecule has 0 radical (unpaired) electrons. The number of pyridine rings is 1. The van der Waals surface area contributed by atoms with E-state index in [9.17, 15) is 9.90 Å². The lowest BCUT2D eigenvalue weighted by atomic mass is 9.95. The van der Waals surface area contributed by atoms with E-state index >= 15 is 0 Å². The van der Waals surface area contributed by atoms with Crippen LogP contribution in [0.25, 0.3) is 0 Å². The van der Waals surface area contributed by atoms with Crippen molar-refractivity contribution in [3.8, 4) is 5.75 Å². The van der Waals surface area contributed by atoms with Gasteiger partial charge in [-0.3, -0.25) is 9.78 Å². The van der Waals surface area contributed by atoms with E-state index in [1.165, 1.54) is 18.5 Å². The Hall–Kier alpha value is -1.62. The molecule has 1 amide bonds. The zero-order valence-electron chi connectivity index (χ0n) is 9.40. The molecule has 0 aliphatic heterocycles. The summed E-state index contributed by atoms with van der Waals surface area (Å²) in [5, 5.41) is 21.1. The first kappa shape index (κ1) is 12.4. The molecule has 3 N–H and O–H groups in total. The molecule has 0 unspecified atom stereocenters. The number of nitrogens with one attached hydrogen (secondary N) is 1. The molecule has 0 saturated heterocycles. The lowest BCUT2D eigenvalue weighted by molar-refractivity contribution is 0.0908. The van der Waals surface area contributed by atoms with E-state index < -0.39 is 0 Å². The fourth-order valence-electron chi connectivity index (χ4n) is 1.05. The van der Waals surface area contributed by atoms with E-state index in [-0.39, 0.29) is 29.2 Å². The molecular weight excluding hydrogens is 208 g/mol. The fourth-order valence-corrected chi connectivity index (χ4v) is 1.05. The molecule has 5 heteroatoms. The Morgan fingerprint density at radius 1 is 1.56 bits per heavy atom. The van der Waals surface area contributed by atoms with Crippen molar-refractivity contribution in [1.82, 2.24) is 10.3 Å². The quantitative estimate of drug-likeness (QED) is 0.697. The van der Waals surface area contributed by atoms with E-state index in [4.69, 9.17) is 5.11 Å². The maximum Gasteiger partial charge on any atom is 0.255 e. The van der Waals surface area contributed by atoms with Gasteiger partial charge in [0.25, 0.3) is 5.91 Å². The molecule has 0 aromatic carbocycles. The van der Waals surface area contributed by atoms with Crippen molar-refractivity contribution in [1.29, 1.82) is 0 Å². The topological polar surface area (TPSA) is 82.5 Å². The summed E-state index contributed by atoms with van der Waals surface area (Å²) in [5.74, 6) is -0.525. The Bertz CT molecular complexity index is 377. The number of aliphatic hydroxyl groups is 1. The second-order valence-corrected chi connectivity index (χ2v) is 4.40. The number of aromatic nitrogens is 1. The minimum Gasteiger partial charge on any atom is -0.505 e. The number of aromatic hydroxyl groups is 1. The number of amides is 1. The van der Waals surface area contributed by atoms with Crippen LogP contribution in [0.2, 0.25) is 0 Å². The van der Waals surface area contributed by atoms with Gasteiger partial charge < -0.3 is 15.5 Å². The molecule has 5 nitrogen and oxygen atoms in total. The first-order valence-electron chi connectivity index (χ1n) is 4.98. The lowest BCUT2D eigenvalue weighted by Gasteiger charge is -2.21. The summed E-state index contributed by atoms with van der Waals surface area (Å²) in [5.41, 5.74) is -0.193. The first-order valence-corrected chi connectivity index (χ1v) is 4.98. The van der Waals surface area contributed by atoms with Gasteiger partial charge in [0.15, 0.2) is 0 Å². The zero-order valence-corrected chi connectivity index (χ0v) is 9.40. The highest BCUT2D eigenvalue weighted by Crippen LogP contribution is 2.15. The van der Waals surface area contributed by atoms with Gasteiger partial charge in [-0.1, -0.05) is 13.8 Å². The molecule has 1 aromatic rings. The van der Waals surface area contributed by atoms with E-state index in [1.54, 1.807) is 0 Å². The average molecular weight is 224 g/mol. The van der Waals surface area contributed by atoms with Crippen molar-refractivity contribution in [2.75, 3.05) is 13.2 Å². The summed E-state index contributed by atoms with van der Waals surface area (Å²) in [6.07, 6.45) is 2.65. The summed E-state index contributed by atoms with van der Waals surface area (Å²) in [6.45, 7) is 3.99. The highest BCUT2D eigenvalue weighted by molar-refractivity contribution is 5.96. The van der Waals surface area contributed by atoms with Crippen LogP contribution in [0.15, 0.2) is 18.5 Å². The summed E-state index contributed by atoms with van der Waals surface area (Å²) in [6, 6.07) is 1.44. The van der Waals surface area contributed by atoms with E-state index in [0.717, 1.165) is 0 Å². The molecule has 0 spiro atoms. The van der Waals surface area contributed by atoms with Gasteiger partial charge >= 0.3 is 0 Å². The van der Waals surface area contributed by atoms with Gasteiger partial charge in [-0.25, -0.2) is 0 Å². The van der Waals surface area contributed by atoms with Gasteiger partial charge in [-0.05, 0) is 6.07 Å². The fraction of sp³-hybridized carbons (Fsp3) is 0.455. The van der Waals surface area contributed by atoms with Gasteiger partial charge in [-0.2, -0.15) is 0 Å². The number of carbonyl (C=O) groups is 1. The Kier molecular flexibility index (Phi) is 3.84. The smallest absolute Gasteiger partial charge is 0.255 e. The molecule has 1 rings (SSSR count). The standard InChI is InChI=1S/C11H16N2O3/c1-11(2,7-14)6-13-10(16)8-3-4-12-5-9(8)15/h3-5,14-15H,6-7H2,1-2H3,(H,13,16). The second kappa shape index (κ2) is 4.94. The van der Waals surface area contributed by atoms with Crippen LogP contribution in [0.5, 0.6) is 5.75 Å². The average Bonchev–Trinajstić information content (AvgIpc) is 2.27. The highest BCUT2D eigenvalue weighted by atomic mass is 16.3. The maximum absolute atomic E-state index is 11.6. The van der Waals surface area contributed by atoms with Crippen LogP contribution in [0.1, 0.15) is 24.2 Å². The Morgan fingerprint density at radius 2 is 2.25 bits per heavy atom. The number of hydrogen-bond donors (Lipinski definition) is 3. The van der Waals surface area contributed by atoms with E-state index in [0.29, 0.717) is 6.54 Å². The molecule has 0 saturated carbocycles. The summed E-state index contributed by atoms with van der Waals surface area (Å²) >= 11 is 0. The summed E-state index contributed by atoms with van der Waals surface area (Å²) < 4.78 is 0. The Morgan fingerprint density at radius 3 is 2.81 bits per heavy atom. The minimum atomic E-state index is -0.377. The normalized spacial score (nSPS) is 11.2. The molecular formula is C11H16N2O3. The predicted molar refractivity (Wildman–Crippen MR) is 59.1 cm³/mol. The number of nitrogens with zero attached hydrogens (tertiary/aromatic N) is 1. The lowest BCUT2D eigenvalue weighted by Crippen LogP contribution is -2.36. The Balaban J connectivity index is 2.64.